The highest BCUT2D eigenvalue weighted by molar-refractivity contribution is 14.1. The Hall–Kier alpha value is -0.330. The molecule has 0 spiro atoms. The number of hydrogen-bond acceptors (Lipinski definition) is 2. The minimum atomic E-state index is -0.299. The van der Waals surface area contributed by atoms with Crippen LogP contribution in [-0.2, 0) is 0 Å². The van der Waals surface area contributed by atoms with Gasteiger partial charge in [0, 0.05) is 15.5 Å². The van der Waals surface area contributed by atoms with Crippen LogP contribution in [0.15, 0.2) is 42.5 Å². The molecule has 0 aliphatic carbocycles. The van der Waals surface area contributed by atoms with Crippen LogP contribution in [0.5, 0.6) is 0 Å². The second-order valence-electron chi connectivity index (χ2n) is 4.54. The molecule has 2 unspecified atom stereocenters. The molecule has 2 nitrogen and oxygen atoms in total. The lowest BCUT2D eigenvalue weighted by Crippen LogP contribution is -2.22. The topological polar surface area (TPSA) is 46.2 Å². The van der Waals surface area contributed by atoms with Gasteiger partial charge >= 0.3 is 0 Å². The van der Waals surface area contributed by atoms with Gasteiger partial charge in [0.25, 0.3) is 0 Å². The summed E-state index contributed by atoms with van der Waals surface area (Å²) in [6, 6.07) is 13.0. The van der Waals surface area contributed by atoms with E-state index in [9.17, 15) is 5.11 Å². The zero-order chi connectivity index (χ0) is 14.7. The molecule has 0 fully saturated rings. The SMILES string of the molecule is NC(c1cccc(I)c1)C(CO)c1ccc(Cl)c(Cl)c1. The van der Waals surface area contributed by atoms with Crippen molar-refractivity contribution in [2.75, 3.05) is 6.61 Å². The molecular weight excluding hydrogens is 408 g/mol. The third-order valence-electron chi connectivity index (χ3n) is 3.24. The van der Waals surface area contributed by atoms with Crippen molar-refractivity contribution in [2.45, 2.75) is 12.0 Å². The Morgan fingerprint density at radius 3 is 2.40 bits per heavy atom. The third kappa shape index (κ3) is 3.65. The highest BCUT2D eigenvalue weighted by atomic mass is 127. The summed E-state index contributed by atoms with van der Waals surface area (Å²) in [6.07, 6.45) is 0. The normalized spacial score (nSPS) is 14.1. The van der Waals surface area contributed by atoms with Crippen molar-refractivity contribution in [1.29, 1.82) is 0 Å². The summed E-state index contributed by atoms with van der Waals surface area (Å²) in [6.45, 7) is -0.0510. The van der Waals surface area contributed by atoms with Crippen LogP contribution in [0.4, 0.5) is 0 Å². The molecule has 0 amide bonds. The average Bonchev–Trinajstić information content (AvgIpc) is 2.43. The van der Waals surface area contributed by atoms with Gasteiger partial charge in [-0.3, -0.25) is 0 Å². The number of aliphatic hydroxyl groups is 1. The van der Waals surface area contributed by atoms with Crippen LogP contribution < -0.4 is 5.73 Å². The summed E-state index contributed by atoms with van der Waals surface area (Å²) in [4.78, 5) is 0. The fraction of sp³-hybridized carbons (Fsp3) is 0.200. The molecule has 0 aliphatic heterocycles. The van der Waals surface area contributed by atoms with Gasteiger partial charge in [-0.2, -0.15) is 0 Å². The molecule has 0 radical (unpaired) electrons. The largest absolute Gasteiger partial charge is 0.396 e. The summed E-state index contributed by atoms with van der Waals surface area (Å²) in [7, 11) is 0. The molecule has 0 saturated heterocycles. The first kappa shape index (κ1) is 16.0. The number of benzene rings is 2. The lowest BCUT2D eigenvalue weighted by atomic mass is 9.88. The highest BCUT2D eigenvalue weighted by Crippen LogP contribution is 2.33. The molecule has 0 saturated carbocycles. The molecule has 20 heavy (non-hydrogen) atoms. The second kappa shape index (κ2) is 7.09. The molecule has 3 N–H and O–H groups in total. The van der Waals surface area contributed by atoms with Gasteiger partial charge in [-0.25, -0.2) is 0 Å². The van der Waals surface area contributed by atoms with Crippen LogP contribution >= 0.6 is 45.8 Å². The Balaban J connectivity index is 2.33. The maximum atomic E-state index is 9.68. The Kier molecular flexibility index (Phi) is 5.69. The van der Waals surface area contributed by atoms with E-state index in [1.807, 2.05) is 30.3 Å². The van der Waals surface area contributed by atoms with E-state index in [4.69, 9.17) is 28.9 Å². The Morgan fingerprint density at radius 1 is 1.05 bits per heavy atom. The Morgan fingerprint density at radius 2 is 1.80 bits per heavy atom. The molecule has 0 bridgehead atoms. The fourth-order valence-electron chi connectivity index (χ4n) is 2.12. The van der Waals surface area contributed by atoms with Gasteiger partial charge in [0.15, 0.2) is 0 Å². The fourth-order valence-corrected chi connectivity index (χ4v) is 2.99. The predicted octanol–water partition coefficient (Wildman–Crippen LogP) is 4.37. The number of nitrogens with two attached hydrogens (primary N) is 1. The Bertz CT molecular complexity index is 606. The quantitative estimate of drug-likeness (QED) is 0.720. The first-order valence-corrected chi connectivity index (χ1v) is 7.93. The van der Waals surface area contributed by atoms with E-state index in [0.29, 0.717) is 10.0 Å². The van der Waals surface area contributed by atoms with Crippen molar-refractivity contribution in [1.82, 2.24) is 0 Å². The van der Waals surface area contributed by atoms with Crippen molar-refractivity contribution < 1.29 is 5.11 Å². The zero-order valence-electron chi connectivity index (χ0n) is 10.6. The molecular formula is C15H14Cl2INO. The minimum absolute atomic E-state index is 0.0510. The van der Waals surface area contributed by atoms with Gasteiger partial charge in [0.05, 0.1) is 16.7 Å². The summed E-state index contributed by atoms with van der Waals surface area (Å²) in [5.41, 5.74) is 8.17. The van der Waals surface area contributed by atoms with Gasteiger partial charge < -0.3 is 10.8 Å². The monoisotopic (exact) mass is 421 g/mol. The lowest BCUT2D eigenvalue weighted by molar-refractivity contribution is 0.248. The van der Waals surface area contributed by atoms with Gasteiger partial charge in [-0.15, -0.1) is 0 Å². The van der Waals surface area contributed by atoms with Crippen molar-refractivity contribution in [3.8, 4) is 0 Å². The van der Waals surface area contributed by atoms with Crippen molar-refractivity contribution >= 4 is 45.8 Å². The molecule has 106 valence electrons. The number of hydrogen-bond donors (Lipinski definition) is 2. The average molecular weight is 422 g/mol. The maximum Gasteiger partial charge on any atom is 0.0595 e. The lowest BCUT2D eigenvalue weighted by Gasteiger charge is -2.23. The molecule has 0 heterocycles. The van der Waals surface area contributed by atoms with E-state index >= 15 is 0 Å². The van der Waals surface area contributed by atoms with Crippen LogP contribution in [-0.4, -0.2) is 11.7 Å². The number of rotatable bonds is 4. The summed E-state index contributed by atoms with van der Waals surface area (Å²) in [5.74, 6) is -0.219. The van der Waals surface area contributed by atoms with Crippen LogP contribution in [0.2, 0.25) is 10.0 Å². The molecule has 5 heteroatoms. The van der Waals surface area contributed by atoms with Gasteiger partial charge in [-0.1, -0.05) is 41.4 Å². The number of halogens is 3. The van der Waals surface area contributed by atoms with Gasteiger partial charge in [0.2, 0.25) is 0 Å². The second-order valence-corrected chi connectivity index (χ2v) is 6.60. The summed E-state index contributed by atoms with van der Waals surface area (Å²) >= 11 is 14.2. The number of aliphatic hydroxyl groups excluding tert-OH is 1. The standard InChI is InChI=1S/C15H14Cl2INO/c16-13-5-4-9(7-14(13)17)12(8-20)15(19)10-2-1-3-11(18)6-10/h1-7,12,15,20H,8,19H2. The molecule has 2 atom stereocenters. The molecule has 2 rings (SSSR count). The van der Waals surface area contributed by atoms with Crippen LogP contribution in [0.1, 0.15) is 23.1 Å². The van der Waals surface area contributed by atoms with Crippen LogP contribution in [0, 0.1) is 3.57 Å². The minimum Gasteiger partial charge on any atom is -0.396 e. The van der Waals surface area contributed by atoms with E-state index < -0.39 is 0 Å². The molecule has 2 aromatic carbocycles. The van der Waals surface area contributed by atoms with Crippen molar-refractivity contribution in [3.63, 3.8) is 0 Å². The summed E-state index contributed by atoms with van der Waals surface area (Å²) in [5, 5.41) is 10.6. The van der Waals surface area contributed by atoms with E-state index in [1.165, 1.54) is 0 Å². The van der Waals surface area contributed by atoms with E-state index in [2.05, 4.69) is 22.6 Å². The van der Waals surface area contributed by atoms with Gasteiger partial charge in [-0.05, 0) is 58.0 Å². The first-order valence-electron chi connectivity index (χ1n) is 6.09. The van der Waals surface area contributed by atoms with Crippen molar-refractivity contribution in [2.24, 2.45) is 5.73 Å². The third-order valence-corrected chi connectivity index (χ3v) is 4.65. The van der Waals surface area contributed by atoms with Crippen LogP contribution in [0.25, 0.3) is 0 Å². The van der Waals surface area contributed by atoms with Crippen molar-refractivity contribution in [3.05, 3.63) is 67.2 Å². The van der Waals surface area contributed by atoms with E-state index in [1.54, 1.807) is 12.1 Å². The van der Waals surface area contributed by atoms with E-state index in [-0.39, 0.29) is 18.6 Å². The van der Waals surface area contributed by atoms with Gasteiger partial charge in [0.1, 0.15) is 0 Å². The Labute approximate surface area is 142 Å². The summed E-state index contributed by atoms with van der Waals surface area (Å²) < 4.78 is 1.11. The predicted molar refractivity (Wildman–Crippen MR) is 92.4 cm³/mol. The zero-order valence-corrected chi connectivity index (χ0v) is 14.2. The molecule has 0 aliphatic rings. The molecule has 0 aromatic heterocycles. The van der Waals surface area contributed by atoms with Crippen LogP contribution in [0.3, 0.4) is 0 Å². The maximum absolute atomic E-state index is 9.68. The highest BCUT2D eigenvalue weighted by Gasteiger charge is 2.21. The molecule has 2 aromatic rings. The first-order chi connectivity index (χ1) is 9.52. The smallest absolute Gasteiger partial charge is 0.0595 e. The van der Waals surface area contributed by atoms with E-state index in [0.717, 1.165) is 14.7 Å².